The van der Waals surface area contributed by atoms with Gasteiger partial charge in [-0.15, -0.1) is 5.53 Å². The number of pyridine rings is 2. The van der Waals surface area contributed by atoms with Gasteiger partial charge in [0.25, 0.3) is 0 Å². The van der Waals surface area contributed by atoms with E-state index < -0.39 is 17.9 Å². The van der Waals surface area contributed by atoms with Crippen LogP contribution in [-0.4, -0.2) is 41.6 Å². The molecule has 0 amide bonds. The molecular formula is C28H34ClN9. The Labute approximate surface area is 233 Å². The molecule has 1 aliphatic carbocycles. The number of nitrogens with one attached hydrogen (secondary N) is 4. The zero-order valence-electron chi connectivity index (χ0n) is 25.1. The lowest BCUT2D eigenvalue weighted by molar-refractivity contribution is 0.260. The van der Waals surface area contributed by atoms with Gasteiger partial charge in [-0.05, 0) is 42.0 Å². The van der Waals surface area contributed by atoms with E-state index in [1.807, 2.05) is 42.3 Å². The molecule has 0 unspecified atom stereocenters. The minimum Gasteiger partial charge on any atom is -0.383 e. The van der Waals surface area contributed by atoms with Crippen LogP contribution < -0.4 is 26.5 Å². The Kier molecular flexibility index (Phi) is 5.97. The topological polar surface area (TPSA) is 104 Å². The SMILES string of the molecule is [2H]C([2H])(Nc1c(C#N)cnc2c(Cl)cc(N[C@@]([2H])(C3=CN(C4CC4)NN3)c3ccc(N(C)C)nc3)cc12)C(C)(C)C. The van der Waals surface area contributed by atoms with Crippen molar-refractivity contribution in [1.29, 1.82) is 5.26 Å². The number of hydrazine groups is 2. The molecule has 1 atom stereocenters. The van der Waals surface area contributed by atoms with E-state index in [-0.39, 0.29) is 11.3 Å². The van der Waals surface area contributed by atoms with E-state index >= 15 is 0 Å². The minimum atomic E-state index is -1.86. The average Bonchev–Trinajstić information content (AvgIpc) is 3.64. The fraction of sp³-hybridized carbons (Fsp3) is 0.393. The third kappa shape index (κ3) is 5.57. The molecule has 0 radical (unpaired) electrons. The molecule has 10 heteroatoms. The van der Waals surface area contributed by atoms with Crippen molar-refractivity contribution >= 4 is 39.7 Å². The van der Waals surface area contributed by atoms with Crippen molar-refractivity contribution in [2.45, 2.75) is 45.7 Å². The van der Waals surface area contributed by atoms with Gasteiger partial charge < -0.3 is 21.0 Å². The minimum absolute atomic E-state index is 0.184. The summed E-state index contributed by atoms with van der Waals surface area (Å²) in [6, 6.07) is 8.10. The third-order valence-electron chi connectivity index (χ3n) is 6.17. The van der Waals surface area contributed by atoms with Crippen LogP contribution in [-0.2, 0) is 0 Å². The molecule has 2 aromatic heterocycles. The number of fused-ring (bicyclic) bond motifs is 1. The lowest BCUT2D eigenvalue weighted by atomic mass is 9.96. The van der Waals surface area contributed by atoms with Crippen molar-refractivity contribution in [3.8, 4) is 6.07 Å². The quantitative estimate of drug-likeness (QED) is 0.312. The summed E-state index contributed by atoms with van der Waals surface area (Å²) in [5, 5.41) is 18.9. The Hall–Kier alpha value is -3.74. The summed E-state index contributed by atoms with van der Waals surface area (Å²) in [7, 11) is 3.81. The van der Waals surface area contributed by atoms with E-state index in [0.717, 1.165) is 18.7 Å². The van der Waals surface area contributed by atoms with Crippen LogP contribution in [0.3, 0.4) is 0 Å². The number of benzene rings is 1. The number of nitriles is 1. The summed E-state index contributed by atoms with van der Waals surface area (Å²) in [6.07, 6.45) is 7.09. The molecule has 0 spiro atoms. The van der Waals surface area contributed by atoms with Crippen LogP contribution in [0.25, 0.3) is 10.9 Å². The first-order valence-electron chi connectivity index (χ1n) is 14.0. The highest BCUT2D eigenvalue weighted by Crippen LogP contribution is 2.37. The standard InChI is InChI=1S/C28H34ClN9/c1-28(2,3)16-33-25-18(12-30)14-32-27-21(25)10-19(11-22(27)29)34-26(17-6-9-24(31-13-17)37(4)5)23-15-38(36-35-23)20-7-8-20/h6,9-11,13-15,20,26,34-36H,7-8,16H2,1-5H3,(H,32,33)/t26-/m1/s1/i16D2,26D. The van der Waals surface area contributed by atoms with Gasteiger partial charge in [0.05, 0.1) is 34.9 Å². The van der Waals surface area contributed by atoms with Crippen LogP contribution in [0.4, 0.5) is 17.2 Å². The van der Waals surface area contributed by atoms with Crippen molar-refractivity contribution in [2.75, 3.05) is 36.1 Å². The van der Waals surface area contributed by atoms with Gasteiger partial charge in [-0.2, -0.15) is 5.26 Å². The third-order valence-corrected chi connectivity index (χ3v) is 6.46. The van der Waals surface area contributed by atoms with Gasteiger partial charge in [0.1, 0.15) is 11.9 Å². The predicted molar refractivity (Wildman–Crippen MR) is 154 cm³/mol. The predicted octanol–water partition coefficient (Wildman–Crippen LogP) is 5.16. The summed E-state index contributed by atoms with van der Waals surface area (Å²) < 4.78 is 27.0. The summed E-state index contributed by atoms with van der Waals surface area (Å²) in [6.45, 7) is 3.47. The number of rotatable bonds is 8. The van der Waals surface area contributed by atoms with Gasteiger partial charge in [0, 0.05) is 59.0 Å². The van der Waals surface area contributed by atoms with Crippen LogP contribution in [0.1, 0.15) is 54.9 Å². The molecule has 1 aliphatic heterocycles. The number of aromatic nitrogens is 2. The van der Waals surface area contributed by atoms with E-state index in [1.165, 1.54) is 6.20 Å². The zero-order chi connectivity index (χ0) is 29.7. The van der Waals surface area contributed by atoms with Crippen LogP contribution in [0.15, 0.2) is 48.6 Å². The zero-order valence-corrected chi connectivity index (χ0v) is 22.9. The smallest absolute Gasteiger partial charge is 0.127 e. The molecular weight excluding hydrogens is 498 g/mol. The van der Waals surface area contributed by atoms with E-state index in [2.05, 4.69) is 37.6 Å². The number of nitrogens with zero attached hydrogens (tertiary/aromatic N) is 5. The molecule has 2 aliphatic rings. The Balaban J connectivity index is 1.62. The summed E-state index contributed by atoms with van der Waals surface area (Å²) >= 11 is 6.72. The van der Waals surface area contributed by atoms with E-state index in [0.29, 0.717) is 38.9 Å². The van der Waals surface area contributed by atoms with Crippen LogP contribution >= 0.6 is 11.6 Å². The van der Waals surface area contributed by atoms with Crippen LogP contribution in [0, 0.1) is 16.7 Å². The Morgan fingerprint density at radius 2 is 2.08 bits per heavy atom. The fourth-order valence-electron chi connectivity index (χ4n) is 4.04. The molecule has 3 heterocycles. The lowest BCUT2D eigenvalue weighted by Gasteiger charge is -2.23. The maximum Gasteiger partial charge on any atom is 0.127 e. The Morgan fingerprint density at radius 3 is 2.71 bits per heavy atom. The molecule has 3 aromatic rings. The first-order chi connectivity index (χ1) is 19.2. The van der Waals surface area contributed by atoms with Gasteiger partial charge in [0.15, 0.2) is 0 Å². The van der Waals surface area contributed by atoms with Crippen molar-refractivity contribution in [2.24, 2.45) is 5.41 Å². The molecule has 4 N–H and O–H groups in total. The molecule has 9 nitrogen and oxygen atoms in total. The number of hydrogen-bond donors (Lipinski definition) is 4. The van der Waals surface area contributed by atoms with Crippen LogP contribution in [0.5, 0.6) is 0 Å². The Morgan fingerprint density at radius 1 is 1.29 bits per heavy atom. The monoisotopic (exact) mass is 534 g/mol. The molecule has 1 saturated carbocycles. The molecule has 1 fully saturated rings. The molecule has 38 heavy (non-hydrogen) atoms. The average molecular weight is 535 g/mol. The first-order valence-corrected chi connectivity index (χ1v) is 12.9. The van der Waals surface area contributed by atoms with Gasteiger partial charge in [-0.3, -0.25) is 9.99 Å². The van der Waals surface area contributed by atoms with E-state index in [9.17, 15) is 6.63 Å². The maximum absolute atomic E-state index is 9.86. The van der Waals surface area contributed by atoms with Crippen LogP contribution in [0.2, 0.25) is 5.02 Å². The van der Waals surface area contributed by atoms with Crippen molar-refractivity contribution in [3.63, 3.8) is 0 Å². The molecule has 0 saturated heterocycles. The second kappa shape index (κ2) is 10.2. The van der Waals surface area contributed by atoms with Gasteiger partial charge >= 0.3 is 0 Å². The summed E-state index contributed by atoms with van der Waals surface area (Å²) in [5.41, 5.74) is 8.03. The maximum atomic E-state index is 9.86. The number of halogens is 1. The van der Waals surface area contributed by atoms with Gasteiger partial charge in [-0.1, -0.05) is 38.4 Å². The number of hydrogen-bond acceptors (Lipinski definition) is 9. The van der Waals surface area contributed by atoms with Gasteiger partial charge in [0.2, 0.25) is 0 Å². The van der Waals surface area contributed by atoms with Gasteiger partial charge in [-0.25, -0.2) is 4.98 Å². The summed E-state index contributed by atoms with van der Waals surface area (Å²) in [5.74, 6) is 0.759. The second-order valence-corrected chi connectivity index (χ2v) is 11.1. The second-order valence-electron chi connectivity index (χ2n) is 10.7. The van der Waals surface area contributed by atoms with E-state index in [1.54, 1.807) is 39.1 Å². The largest absolute Gasteiger partial charge is 0.383 e. The Bertz CT molecular complexity index is 1540. The lowest BCUT2D eigenvalue weighted by Crippen LogP contribution is -2.38. The van der Waals surface area contributed by atoms with Crippen molar-refractivity contribution in [3.05, 3.63) is 64.7 Å². The molecule has 5 rings (SSSR count). The molecule has 1 aromatic carbocycles. The summed E-state index contributed by atoms with van der Waals surface area (Å²) in [4.78, 5) is 10.8. The molecule has 198 valence electrons. The highest BCUT2D eigenvalue weighted by molar-refractivity contribution is 6.35. The molecule has 0 bridgehead atoms. The highest BCUT2D eigenvalue weighted by atomic mass is 35.5. The fourth-order valence-corrected chi connectivity index (χ4v) is 4.31. The number of anilines is 3. The normalized spacial score (nSPS) is 18.4. The first kappa shape index (κ1) is 22.3. The van der Waals surface area contributed by atoms with E-state index in [4.69, 9.17) is 14.3 Å². The highest BCUT2D eigenvalue weighted by Gasteiger charge is 2.32. The van der Waals surface area contributed by atoms with Crippen molar-refractivity contribution < 1.29 is 4.11 Å². The van der Waals surface area contributed by atoms with Crippen molar-refractivity contribution in [1.82, 2.24) is 25.9 Å².